The number of rotatable bonds is 3. The highest BCUT2D eigenvalue weighted by Gasteiger charge is 2.54. The number of fused-ring (bicyclic) bond motifs is 4. The van der Waals surface area contributed by atoms with Gasteiger partial charge in [-0.15, -0.1) is 0 Å². The molecular weight excluding hydrogens is 454 g/mol. The number of phenolic OH excluding ortho intramolecular Hbond substituents is 1. The lowest BCUT2D eigenvalue weighted by Crippen LogP contribution is -2.69. The number of benzene rings is 2. The molecule has 5 rings (SSSR count). The Labute approximate surface area is 190 Å². The Morgan fingerprint density at radius 2 is 1.91 bits per heavy atom. The van der Waals surface area contributed by atoms with Crippen molar-refractivity contribution in [2.75, 3.05) is 6.79 Å². The van der Waals surface area contributed by atoms with E-state index in [1.54, 1.807) is 0 Å². The number of nitro benzene ring substituents is 1. The first-order valence-corrected chi connectivity index (χ1v) is 10.2. The van der Waals surface area contributed by atoms with E-state index in [4.69, 9.17) is 9.47 Å². The number of phenols is 1. The molecule has 2 heterocycles. The zero-order chi connectivity index (χ0) is 24.3. The van der Waals surface area contributed by atoms with Gasteiger partial charge < -0.3 is 40.5 Å². The molecule has 6 unspecified atom stereocenters. The normalized spacial score (nSPS) is 29.0. The standard InChI is InChI=1S/C21H19N3O10/c25-15-12-9(5-10-19(15)34-6-33-10)11-13(16(26)18(28)17(27)14(11)23-21(12)30)22-20(29)7-2-1-3-8(4-7)24(31)32/h1-5,11,13-14,16-18,25-28H,6H2,(H,22,29)(H,23,30). The van der Waals surface area contributed by atoms with Crippen molar-refractivity contribution in [3.63, 3.8) is 0 Å². The molecule has 34 heavy (non-hydrogen) atoms. The van der Waals surface area contributed by atoms with Crippen LogP contribution in [0.1, 0.15) is 32.2 Å². The molecule has 1 aliphatic carbocycles. The molecule has 0 spiro atoms. The maximum Gasteiger partial charge on any atom is 0.270 e. The molecule has 2 aromatic carbocycles. The van der Waals surface area contributed by atoms with Crippen LogP contribution >= 0.6 is 0 Å². The highest BCUT2D eigenvalue weighted by Crippen LogP contribution is 2.50. The summed E-state index contributed by atoms with van der Waals surface area (Å²) in [5.74, 6) is -2.97. The summed E-state index contributed by atoms with van der Waals surface area (Å²) in [4.78, 5) is 36.1. The largest absolute Gasteiger partial charge is 0.504 e. The minimum atomic E-state index is -1.74. The van der Waals surface area contributed by atoms with Crippen molar-refractivity contribution in [1.82, 2.24) is 10.6 Å². The Morgan fingerprint density at radius 3 is 2.65 bits per heavy atom. The number of ether oxygens (including phenoxy) is 2. The van der Waals surface area contributed by atoms with Crippen LogP contribution in [0.5, 0.6) is 17.2 Å². The number of nitrogens with one attached hydrogen (secondary N) is 2. The highest BCUT2D eigenvalue weighted by atomic mass is 16.7. The molecule has 2 aromatic rings. The summed E-state index contributed by atoms with van der Waals surface area (Å²) >= 11 is 0. The van der Waals surface area contributed by atoms with E-state index in [0.717, 1.165) is 6.07 Å². The molecule has 6 N–H and O–H groups in total. The smallest absolute Gasteiger partial charge is 0.270 e. The molecule has 13 heteroatoms. The van der Waals surface area contributed by atoms with Gasteiger partial charge in [-0.05, 0) is 17.7 Å². The quantitative estimate of drug-likeness (QED) is 0.240. The molecule has 178 valence electrons. The summed E-state index contributed by atoms with van der Waals surface area (Å²) in [6.07, 6.45) is -5.02. The van der Waals surface area contributed by atoms with E-state index in [1.807, 2.05) is 0 Å². The molecule has 0 radical (unpaired) electrons. The Balaban J connectivity index is 1.58. The number of nitro groups is 1. The predicted molar refractivity (Wildman–Crippen MR) is 111 cm³/mol. The number of non-ortho nitro benzene ring substituents is 1. The van der Waals surface area contributed by atoms with Crippen LogP contribution in [0.15, 0.2) is 30.3 Å². The second kappa shape index (κ2) is 7.83. The highest BCUT2D eigenvalue weighted by molar-refractivity contribution is 6.02. The molecule has 2 amide bonds. The molecule has 2 aliphatic heterocycles. The Bertz CT molecular complexity index is 1220. The first-order chi connectivity index (χ1) is 16.2. The van der Waals surface area contributed by atoms with Gasteiger partial charge in [0.1, 0.15) is 18.3 Å². The number of carbonyl (C=O) groups excluding carboxylic acids is 2. The molecule has 3 aliphatic rings. The summed E-state index contributed by atoms with van der Waals surface area (Å²) in [5.41, 5.74) is -0.425. The lowest BCUT2D eigenvalue weighted by atomic mass is 9.68. The summed E-state index contributed by atoms with van der Waals surface area (Å²) in [7, 11) is 0. The lowest BCUT2D eigenvalue weighted by molar-refractivity contribution is -0.384. The topological polar surface area (TPSA) is 201 Å². The van der Waals surface area contributed by atoms with E-state index < -0.39 is 58.8 Å². The van der Waals surface area contributed by atoms with E-state index >= 15 is 0 Å². The maximum absolute atomic E-state index is 13.0. The van der Waals surface area contributed by atoms with E-state index in [9.17, 15) is 40.1 Å². The molecule has 1 fully saturated rings. The average molecular weight is 473 g/mol. The summed E-state index contributed by atoms with van der Waals surface area (Å²) < 4.78 is 10.5. The lowest BCUT2D eigenvalue weighted by Gasteiger charge is -2.49. The Morgan fingerprint density at radius 1 is 1.15 bits per heavy atom. The van der Waals surface area contributed by atoms with Crippen LogP contribution in [0.4, 0.5) is 5.69 Å². The number of carbonyl (C=O) groups is 2. The third kappa shape index (κ3) is 3.21. The van der Waals surface area contributed by atoms with Crippen molar-refractivity contribution in [2.45, 2.75) is 36.3 Å². The number of aliphatic hydroxyl groups excluding tert-OH is 3. The monoisotopic (exact) mass is 473 g/mol. The molecule has 1 saturated carbocycles. The maximum atomic E-state index is 13.0. The Hall–Kier alpha value is -3.94. The third-order valence-electron chi connectivity index (χ3n) is 6.38. The SMILES string of the molecule is O=C(NC1C(O)C(O)C(O)C2NC(=O)c3c(cc4c(c3O)OCO4)C12)c1cccc([N+](=O)[O-])c1. The van der Waals surface area contributed by atoms with E-state index in [-0.39, 0.29) is 40.7 Å². The molecule has 6 atom stereocenters. The van der Waals surface area contributed by atoms with Gasteiger partial charge in [-0.2, -0.15) is 0 Å². The Kier molecular flexibility index (Phi) is 5.04. The number of hydrogen-bond acceptors (Lipinski definition) is 10. The molecule has 0 saturated heterocycles. The minimum Gasteiger partial charge on any atom is -0.504 e. The third-order valence-corrected chi connectivity index (χ3v) is 6.38. The van der Waals surface area contributed by atoms with Crippen LogP contribution in [0.2, 0.25) is 0 Å². The van der Waals surface area contributed by atoms with E-state index in [2.05, 4.69) is 10.6 Å². The van der Waals surface area contributed by atoms with Gasteiger partial charge in [-0.3, -0.25) is 19.7 Å². The number of aromatic hydroxyl groups is 1. The molecule has 0 aromatic heterocycles. The summed E-state index contributed by atoms with van der Waals surface area (Å²) in [6.45, 7) is -0.196. The van der Waals surface area contributed by atoms with Crippen molar-refractivity contribution >= 4 is 17.5 Å². The summed E-state index contributed by atoms with van der Waals surface area (Å²) in [5, 5.41) is 58.5. The van der Waals surface area contributed by atoms with Crippen LogP contribution in [0, 0.1) is 10.1 Å². The molecular formula is C21H19N3O10. The van der Waals surface area contributed by atoms with Crippen LogP contribution in [-0.4, -0.2) is 74.4 Å². The predicted octanol–water partition coefficient (Wildman–Crippen LogP) is -0.880. The number of aliphatic hydroxyl groups is 3. The zero-order valence-corrected chi connectivity index (χ0v) is 17.2. The van der Waals surface area contributed by atoms with Gasteiger partial charge in [0.2, 0.25) is 12.5 Å². The van der Waals surface area contributed by atoms with Gasteiger partial charge in [-0.25, -0.2) is 0 Å². The van der Waals surface area contributed by atoms with Gasteiger partial charge in [0.25, 0.3) is 17.5 Å². The minimum absolute atomic E-state index is 0.0403. The van der Waals surface area contributed by atoms with Crippen molar-refractivity contribution in [3.8, 4) is 17.2 Å². The van der Waals surface area contributed by atoms with Gasteiger partial charge in [0.15, 0.2) is 11.5 Å². The fraction of sp³-hybridized carbons (Fsp3) is 0.333. The van der Waals surface area contributed by atoms with Gasteiger partial charge in [-0.1, -0.05) is 6.07 Å². The van der Waals surface area contributed by atoms with Gasteiger partial charge in [0.05, 0.1) is 22.6 Å². The summed E-state index contributed by atoms with van der Waals surface area (Å²) in [6, 6.07) is 3.91. The fourth-order valence-corrected chi connectivity index (χ4v) is 4.78. The van der Waals surface area contributed by atoms with Crippen LogP contribution < -0.4 is 20.1 Å². The molecule has 0 bridgehead atoms. The fourth-order valence-electron chi connectivity index (χ4n) is 4.78. The van der Waals surface area contributed by atoms with Crippen LogP contribution in [0.25, 0.3) is 0 Å². The van der Waals surface area contributed by atoms with E-state index in [1.165, 1.54) is 24.3 Å². The molecule has 13 nitrogen and oxygen atoms in total. The first kappa shape index (κ1) is 21.9. The van der Waals surface area contributed by atoms with Crippen molar-refractivity contribution < 1.29 is 44.4 Å². The second-order valence-electron chi connectivity index (χ2n) is 8.23. The average Bonchev–Trinajstić information content (AvgIpc) is 3.29. The zero-order valence-electron chi connectivity index (χ0n) is 17.2. The van der Waals surface area contributed by atoms with Crippen molar-refractivity contribution in [1.29, 1.82) is 0 Å². The van der Waals surface area contributed by atoms with Gasteiger partial charge >= 0.3 is 0 Å². The first-order valence-electron chi connectivity index (χ1n) is 10.2. The number of nitrogens with zero attached hydrogens (tertiary/aromatic N) is 1. The van der Waals surface area contributed by atoms with E-state index in [0.29, 0.717) is 0 Å². The van der Waals surface area contributed by atoms with Crippen LogP contribution in [-0.2, 0) is 0 Å². The van der Waals surface area contributed by atoms with Crippen molar-refractivity contribution in [3.05, 3.63) is 57.1 Å². The van der Waals surface area contributed by atoms with Gasteiger partial charge in [0, 0.05) is 23.6 Å². The second-order valence-corrected chi connectivity index (χ2v) is 8.23. The van der Waals surface area contributed by atoms with Crippen molar-refractivity contribution in [2.24, 2.45) is 0 Å². The number of hydrogen-bond donors (Lipinski definition) is 6. The number of amides is 2. The van der Waals surface area contributed by atoms with Crippen LogP contribution in [0.3, 0.4) is 0 Å².